The third-order valence-corrected chi connectivity index (χ3v) is 3.31. The molecule has 0 bridgehead atoms. The normalized spacial score (nSPS) is 22.8. The summed E-state index contributed by atoms with van der Waals surface area (Å²) in [5, 5.41) is 3.50. The molecule has 100 valence electrons. The molecule has 0 aliphatic heterocycles. The molecule has 1 aromatic rings. The van der Waals surface area contributed by atoms with Gasteiger partial charge in [0.25, 0.3) is 0 Å². The second-order valence-corrected chi connectivity index (χ2v) is 4.71. The number of hydrogen-bond acceptors (Lipinski definition) is 4. The van der Waals surface area contributed by atoms with Crippen molar-refractivity contribution in [3.63, 3.8) is 0 Å². The highest BCUT2D eigenvalue weighted by Gasteiger charge is 2.21. The molecule has 0 heterocycles. The van der Waals surface area contributed by atoms with Crippen LogP contribution in [0.25, 0.3) is 0 Å². The Hall–Kier alpha value is -1.42. The molecule has 4 heteroatoms. The molecule has 2 unspecified atom stereocenters. The van der Waals surface area contributed by atoms with Crippen LogP contribution in [0.1, 0.15) is 26.2 Å². The summed E-state index contributed by atoms with van der Waals surface area (Å²) < 4.78 is 10.8. The number of nitrogens with two attached hydrogens (primary N) is 1. The number of rotatable bonds is 5. The summed E-state index contributed by atoms with van der Waals surface area (Å²) >= 11 is 0. The zero-order valence-electron chi connectivity index (χ0n) is 11.1. The Morgan fingerprint density at radius 2 is 2.17 bits per heavy atom. The van der Waals surface area contributed by atoms with Crippen LogP contribution < -0.4 is 20.5 Å². The van der Waals surface area contributed by atoms with Crippen LogP contribution >= 0.6 is 0 Å². The summed E-state index contributed by atoms with van der Waals surface area (Å²) in [5.41, 5.74) is 6.98. The molecule has 4 nitrogen and oxygen atoms in total. The lowest BCUT2D eigenvalue weighted by Crippen LogP contribution is -2.20. The fraction of sp³-hybridized carbons (Fsp3) is 0.571. The summed E-state index contributed by atoms with van der Waals surface area (Å²) in [6, 6.07) is 6.76. The quantitative estimate of drug-likeness (QED) is 0.842. The highest BCUT2D eigenvalue weighted by molar-refractivity contribution is 5.55. The lowest BCUT2D eigenvalue weighted by Gasteiger charge is -2.16. The topological polar surface area (TPSA) is 56.5 Å². The summed E-state index contributed by atoms with van der Waals surface area (Å²) in [4.78, 5) is 0. The van der Waals surface area contributed by atoms with Gasteiger partial charge in [0.1, 0.15) is 0 Å². The molecule has 2 atom stereocenters. The van der Waals surface area contributed by atoms with Gasteiger partial charge in [0.2, 0.25) is 0 Å². The van der Waals surface area contributed by atoms with E-state index in [2.05, 4.69) is 5.32 Å². The molecule has 0 spiro atoms. The van der Waals surface area contributed by atoms with Gasteiger partial charge < -0.3 is 20.5 Å². The minimum atomic E-state index is 0.340. The van der Waals surface area contributed by atoms with E-state index in [9.17, 15) is 0 Å². The van der Waals surface area contributed by atoms with Crippen LogP contribution in [0, 0.1) is 0 Å². The molecule has 1 aliphatic carbocycles. The van der Waals surface area contributed by atoms with Gasteiger partial charge in [-0.3, -0.25) is 0 Å². The average molecular weight is 250 g/mol. The molecule has 0 aromatic heterocycles. The Kier molecular flexibility index (Phi) is 4.31. The maximum atomic E-state index is 5.91. The van der Waals surface area contributed by atoms with Gasteiger partial charge in [0, 0.05) is 23.8 Å². The van der Waals surface area contributed by atoms with E-state index >= 15 is 0 Å². The second kappa shape index (κ2) is 5.96. The molecule has 0 amide bonds. The second-order valence-electron chi connectivity index (χ2n) is 4.71. The SMILES string of the molecule is CCOc1ccc(NC2CCC(N)C2)cc1OC. The van der Waals surface area contributed by atoms with Crippen LogP contribution in [0.3, 0.4) is 0 Å². The van der Waals surface area contributed by atoms with E-state index < -0.39 is 0 Å². The van der Waals surface area contributed by atoms with Gasteiger partial charge in [-0.1, -0.05) is 0 Å². The molecule has 1 saturated carbocycles. The van der Waals surface area contributed by atoms with Gasteiger partial charge in [-0.25, -0.2) is 0 Å². The molecule has 3 N–H and O–H groups in total. The van der Waals surface area contributed by atoms with Crippen LogP contribution in [0.2, 0.25) is 0 Å². The van der Waals surface area contributed by atoms with Crippen molar-refractivity contribution in [2.75, 3.05) is 19.0 Å². The average Bonchev–Trinajstić information content (AvgIpc) is 2.77. The van der Waals surface area contributed by atoms with Crippen molar-refractivity contribution in [1.82, 2.24) is 0 Å². The first kappa shape index (κ1) is 13.0. The fourth-order valence-electron chi connectivity index (χ4n) is 2.42. The number of ether oxygens (including phenoxy) is 2. The van der Waals surface area contributed by atoms with E-state index in [0.717, 1.165) is 36.4 Å². The van der Waals surface area contributed by atoms with Gasteiger partial charge in [0.05, 0.1) is 13.7 Å². The van der Waals surface area contributed by atoms with Crippen LogP contribution in [-0.4, -0.2) is 25.8 Å². The molecule has 0 radical (unpaired) electrons. The smallest absolute Gasteiger partial charge is 0.162 e. The van der Waals surface area contributed by atoms with Crippen LogP contribution in [0.4, 0.5) is 5.69 Å². The van der Waals surface area contributed by atoms with Crippen LogP contribution in [0.5, 0.6) is 11.5 Å². The lowest BCUT2D eigenvalue weighted by atomic mass is 10.2. The first-order chi connectivity index (χ1) is 8.72. The van der Waals surface area contributed by atoms with Crippen molar-refractivity contribution in [2.45, 2.75) is 38.3 Å². The third-order valence-electron chi connectivity index (χ3n) is 3.31. The third kappa shape index (κ3) is 3.07. The minimum Gasteiger partial charge on any atom is -0.493 e. The van der Waals surface area contributed by atoms with E-state index in [1.165, 1.54) is 0 Å². The molecular weight excluding hydrogens is 228 g/mol. The highest BCUT2D eigenvalue weighted by Crippen LogP contribution is 2.31. The number of methoxy groups -OCH3 is 1. The zero-order chi connectivity index (χ0) is 13.0. The Morgan fingerprint density at radius 3 is 2.78 bits per heavy atom. The molecule has 1 aliphatic rings. The van der Waals surface area contributed by atoms with E-state index in [1.54, 1.807) is 7.11 Å². The van der Waals surface area contributed by atoms with Gasteiger partial charge in [-0.05, 0) is 38.3 Å². The van der Waals surface area contributed by atoms with Crippen LogP contribution in [-0.2, 0) is 0 Å². The zero-order valence-corrected chi connectivity index (χ0v) is 11.1. The molecule has 18 heavy (non-hydrogen) atoms. The van der Waals surface area contributed by atoms with E-state index in [4.69, 9.17) is 15.2 Å². The molecule has 1 fully saturated rings. The first-order valence-electron chi connectivity index (χ1n) is 6.56. The van der Waals surface area contributed by atoms with Crippen molar-refractivity contribution >= 4 is 5.69 Å². The number of nitrogens with one attached hydrogen (secondary N) is 1. The van der Waals surface area contributed by atoms with Crippen molar-refractivity contribution in [2.24, 2.45) is 5.73 Å². The Morgan fingerprint density at radius 1 is 1.33 bits per heavy atom. The van der Waals surface area contributed by atoms with Crippen LogP contribution in [0.15, 0.2) is 18.2 Å². The Labute approximate surface area is 108 Å². The minimum absolute atomic E-state index is 0.340. The molecule has 1 aromatic carbocycles. The van der Waals surface area contributed by atoms with Gasteiger partial charge in [0.15, 0.2) is 11.5 Å². The lowest BCUT2D eigenvalue weighted by molar-refractivity contribution is 0.311. The van der Waals surface area contributed by atoms with Gasteiger partial charge in [-0.15, -0.1) is 0 Å². The predicted molar refractivity (Wildman–Crippen MR) is 73.4 cm³/mol. The maximum absolute atomic E-state index is 5.91. The summed E-state index contributed by atoms with van der Waals surface area (Å²) in [6.07, 6.45) is 3.28. The first-order valence-corrected chi connectivity index (χ1v) is 6.56. The number of hydrogen-bond donors (Lipinski definition) is 2. The van der Waals surface area contributed by atoms with Crippen molar-refractivity contribution in [1.29, 1.82) is 0 Å². The summed E-state index contributed by atoms with van der Waals surface area (Å²) in [7, 11) is 1.66. The fourth-order valence-corrected chi connectivity index (χ4v) is 2.42. The van der Waals surface area contributed by atoms with Crippen molar-refractivity contribution < 1.29 is 9.47 Å². The van der Waals surface area contributed by atoms with Crippen molar-refractivity contribution in [3.05, 3.63) is 18.2 Å². The Balaban J connectivity index is 2.05. The van der Waals surface area contributed by atoms with E-state index in [-0.39, 0.29) is 0 Å². The number of benzene rings is 1. The summed E-state index contributed by atoms with van der Waals surface area (Å²) in [5.74, 6) is 1.55. The van der Waals surface area contributed by atoms with Gasteiger partial charge in [-0.2, -0.15) is 0 Å². The highest BCUT2D eigenvalue weighted by atomic mass is 16.5. The summed E-state index contributed by atoms with van der Waals surface area (Å²) in [6.45, 7) is 2.60. The van der Waals surface area contributed by atoms with E-state index in [1.807, 2.05) is 25.1 Å². The largest absolute Gasteiger partial charge is 0.493 e. The monoisotopic (exact) mass is 250 g/mol. The van der Waals surface area contributed by atoms with Gasteiger partial charge >= 0.3 is 0 Å². The predicted octanol–water partition coefficient (Wildman–Crippen LogP) is 2.39. The molecule has 0 saturated heterocycles. The Bertz CT molecular complexity index is 395. The van der Waals surface area contributed by atoms with Crippen molar-refractivity contribution in [3.8, 4) is 11.5 Å². The molecule has 2 rings (SSSR count). The standard InChI is InChI=1S/C14H22N2O2/c1-3-18-13-7-6-12(9-14(13)17-2)16-11-5-4-10(15)8-11/h6-7,9-11,16H,3-5,8,15H2,1-2H3. The maximum Gasteiger partial charge on any atom is 0.162 e. The number of anilines is 1. The van der Waals surface area contributed by atoms with E-state index in [0.29, 0.717) is 18.7 Å². The molecular formula is C14H22N2O2.